The van der Waals surface area contributed by atoms with E-state index in [-0.39, 0.29) is 24.5 Å². The maximum atomic E-state index is 13.1. The number of ketones is 1. The smallest absolute Gasteiger partial charge is 0.296 e. The van der Waals surface area contributed by atoms with Gasteiger partial charge < -0.3 is 23.9 Å². The van der Waals surface area contributed by atoms with Crippen molar-refractivity contribution in [3.8, 4) is 11.5 Å². The van der Waals surface area contributed by atoms with Crippen LogP contribution in [0.4, 0.5) is 0 Å². The first-order valence-electron chi connectivity index (χ1n) is 10.4. The Morgan fingerprint density at radius 1 is 1.18 bits per heavy atom. The zero-order chi connectivity index (χ0) is 24.2. The Hall–Kier alpha value is -3.97. The molecule has 3 aromatic rings. The van der Waals surface area contributed by atoms with Gasteiger partial charge in [-0.15, -0.1) is 0 Å². The number of rotatable bonds is 8. The van der Waals surface area contributed by atoms with Crippen molar-refractivity contribution in [1.82, 2.24) is 4.90 Å². The van der Waals surface area contributed by atoms with Crippen LogP contribution < -0.4 is 9.47 Å². The Kier molecular flexibility index (Phi) is 6.75. The number of likely N-dealkylation sites (tertiary alicyclic amines) is 1. The van der Waals surface area contributed by atoms with Crippen molar-refractivity contribution in [3.63, 3.8) is 0 Å². The molecule has 1 aliphatic heterocycles. The van der Waals surface area contributed by atoms with E-state index in [1.807, 2.05) is 0 Å². The van der Waals surface area contributed by atoms with Crippen molar-refractivity contribution < 1.29 is 28.6 Å². The average molecular weight is 480 g/mol. The lowest BCUT2D eigenvalue weighted by atomic mass is 9.95. The SMILES string of the molecule is C=CCOc1ccc(C2/C(=C(\O)c3ccc(Cl)cc3)C(=O)C(=O)N2Cc2ccco2)cc1OC. The molecule has 174 valence electrons. The van der Waals surface area contributed by atoms with Gasteiger partial charge in [-0.05, 0) is 54.1 Å². The number of aliphatic hydroxyl groups excluding tert-OH is 1. The summed E-state index contributed by atoms with van der Waals surface area (Å²) in [5.41, 5.74) is 0.882. The maximum Gasteiger partial charge on any atom is 0.296 e. The van der Waals surface area contributed by atoms with Crippen molar-refractivity contribution in [2.45, 2.75) is 12.6 Å². The van der Waals surface area contributed by atoms with Crippen LogP contribution in [0, 0.1) is 0 Å². The Bertz CT molecular complexity index is 1250. The number of hydrogen-bond acceptors (Lipinski definition) is 6. The largest absolute Gasteiger partial charge is 0.507 e. The summed E-state index contributed by atoms with van der Waals surface area (Å²) in [7, 11) is 1.49. The molecule has 2 heterocycles. The molecule has 8 heteroatoms. The van der Waals surface area contributed by atoms with E-state index < -0.39 is 17.7 Å². The van der Waals surface area contributed by atoms with E-state index in [1.54, 1.807) is 60.7 Å². The monoisotopic (exact) mass is 479 g/mol. The number of methoxy groups -OCH3 is 1. The molecule has 1 fully saturated rings. The van der Waals surface area contributed by atoms with E-state index in [0.29, 0.717) is 33.4 Å². The van der Waals surface area contributed by atoms with Gasteiger partial charge in [0.2, 0.25) is 0 Å². The third-order valence-electron chi connectivity index (χ3n) is 5.42. The van der Waals surface area contributed by atoms with E-state index >= 15 is 0 Å². The van der Waals surface area contributed by atoms with Crippen LogP contribution in [0.25, 0.3) is 5.76 Å². The van der Waals surface area contributed by atoms with E-state index in [2.05, 4.69) is 6.58 Å². The zero-order valence-electron chi connectivity index (χ0n) is 18.4. The highest BCUT2D eigenvalue weighted by atomic mass is 35.5. The molecule has 1 saturated heterocycles. The van der Waals surface area contributed by atoms with Crippen LogP contribution >= 0.6 is 11.6 Å². The molecule has 0 aliphatic carbocycles. The van der Waals surface area contributed by atoms with Gasteiger partial charge in [0, 0.05) is 10.6 Å². The van der Waals surface area contributed by atoms with Gasteiger partial charge in [-0.3, -0.25) is 9.59 Å². The Morgan fingerprint density at radius 2 is 1.94 bits per heavy atom. The number of aliphatic hydroxyl groups is 1. The number of ether oxygens (including phenoxy) is 2. The number of halogens is 1. The van der Waals surface area contributed by atoms with Crippen molar-refractivity contribution in [3.05, 3.63) is 101 Å². The minimum atomic E-state index is -0.886. The van der Waals surface area contributed by atoms with Gasteiger partial charge in [0.25, 0.3) is 11.7 Å². The molecular weight excluding hydrogens is 458 g/mol. The fraction of sp³-hybridized carbons (Fsp3) is 0.154. The molecular formula is C26H22ClNO6. The number of furan rings is 1. The quantitative estimate of drug-likeness (QED) is 0.208. The van der Waals surface area contributed by atoms with Gasteiger partial charge in [0.1, 0.15) is 18.1 Å². The molecule has 1 atom stereocenters. The summed E-state index contributed by atoms with van der Waals surface area (Å²) >= 11 is 5.97. The third-order valence-corrected chi connectivity index (χ3v) is 5.68. The number of Topliss-reactive ketones (excluding diaryl/α,β-unsaturated/α-hetero) is 1. The number of benzene rings is 2. The highest BCUT2D eigenvalue weighted by Crippen LogP contribution is 2.42. The molecule has 1 unspecified atom stereocenters. The second kappa shape index (κ2) is 9.89. The molecule has 0 saturated carbocycles. The Balaban J connectivity index is 1.86. The van der Waals surface area contributed by atoms with Crippen molar-refractivity contribution >= 4 is 29.1 Å². The van der Waals surface area contributed by atoms with Crippen LogP contribution in [0.1, 0.15) is 22.9 Å². The number of amides is 1. The van der Waals surface area contributed by atoms with Crippen molar-refractivity contribution in [2.24, 2.45) is 0 Å². The first kappa shape index (κ1) is 23.2. The average Bonchev–Trinajstić information content (AvgIpc) is 3.45. The van der Waals surface area contributed by atoms with Gasteiger partial charge in [0.15, 0.2) is 11.5 Å². The highest BCUT2D eigenvalue weighted by Gasteiger charge is 2.46. The van der Waals surface area contributed by atoms with Crippen LogP contribution in [0.2, 0.25) is 5.02 Å². The van der Waals surface area contributed by atoms with Gasteiger partial charge in [-0.1, -0.05) is 30.3 Å². The topological polar surface area (TPSA) is 89.2 Å². The predicted molar refractivity (Wildman–Crippen MR) is 127 cm³/mol. The standard InChI is InChI=1S/C26H22ClNO6/c1-3-12-34-20-11-8-17(14-21(20)32-2)23-22(24(29)16-6-9-18(27)10-7-16)25(30)26(31)28(23)15-19-5-4-13-33-19/h3-11,13-14,23,29H,1,12,15H2,2H3/b24-22+. The molecule has 2 aromatic carbocycles. The molecule has 1 N–H and O–H groups in total. The lowest BCUT2D eigenvalue weighted by molar-refractivity contribution is -0.140. The summed E-state index contributed by atoms with van der Waals surface area (Å²) < 4.78 is 16.5. The van der Waals surface area contributed by atoms with Crippen LogP contribution in [-0.2, 0) is 16.1 Å². The van der Waals surface area contributed by atoms with Crippen LogP contribution in [0.15, 0.2) is 83.5 Å². The molecule has 1 aliphatic rings. The maximum absolute atomic E-state index is 13.1. The molecule has 0 spiro atoms. The minimum absolute atomic E-state index is 0.0384. The van der Waals surface area contributed by atoms with Crippen LogP contribution in [0.5, 0.6) is 11.5 Å². The van der Waals surface area contributed by atoms with E-state index in [9.17, 15) is 14.7 Å². The van der Waals surface area contributed by atoms with Gasteiger partial charge >= 0.3 is 0 Å². The minimum Gasteiger partial charge on any atom is -0.507 e. The van der Waals surface area contributed by atoms with Crippen LogP contribution in [0.3, 0.4) is 0 Å². The number of carbonyl (C=O) groups excluding carboxylic acids is 2. The summed E-state index contributed by atoms with van der Waals surface area (Å²) in [5.74, 6) is -0.455. The molecule has 0 bridgehead atoms. The summed E-state index contributed by atoms with van der Waals surface area (Å²) in [6.45, 7) is 3.96. The van der Waals surface area contributed by atoms with Gasteiger partial charge in [-0.25, -0.2) is 0 Å². The Morgan fingerprint density at radius 3 is 2.59 bits per heavy atom. The zero-order valence-corrected chi connectivity index (χ0v) is 19.1. The third kappa shape index (κ3) is 4.43. The highest BCUT2D eigenvalue weighted by molar-refractivity contribution is 6.46. The fourth-order valence-corrected chi connectivity index (χ4v) is 3.97. The summed E-state index contributed by atoms with van der Waals surface area (Å²) in [6.07, 6.45) is 3.10. The summed E-state index contributed by atoms with van der Waals surface area (Å²) in [4.78, 5) is 27.6. The Labute approximate surface area is 201 Å². The fourth-order valence-electron chi connectivity index (χ4n) is 3.85. The number of hydrogen-bond donors (Lipinski definition) is 1. The lowest BCUT2D eigenvalue weighted by Gasteiger charge is -2.25. The summed E-state index contributed by atoms with van der Waals surface area (Å²) in [6, 6.07) is 14.0. The van der Waals surface area contributed by atoms with Crippen molar-refractivity contribution in [1.29, 1.82) is 0 Å². The van der Waals surface area contributed by atoms with E-state index in [1.165, 1.54) is 18.3 Å². The van der Waals surface area contributed by atoms with Crippen LogP contribution in [-0.4, -0.2) is 35.4 Å². The van der Waals surface area contributed by atoms with E-state index in [0.717, 1.165) is 0 Å². The molecule has 0 radical (unpaired) electrons. The second-order valence-electron chi connectivity index (χ2n) is 7.52. The number of carbonyl (C=O) groups is 2. The molecule has 7 nitrogen and oxygen atoms in total. The normalized spacial score (nSPS) is 17.1. The van der Waals surface area contributed by atoms with Gasteiger partial charge in [-0.2, -0.15) is 0 Å². The van der Waals surface area contributed by atoms with E-state index in [4.69, 9.17) is 25.5 Å². The second-order valence-corrected chi connectivity index (χ2v) is 7.96. The lowest BCUT2D eigenvalue weighted by Crippen LogP contribution is -2.29. The van der Waals surface area contributed by atoms with Gasteiger partial charge in [0.05, 0.1) is 31.5 Å². The molecule has 1 aromatic heterocycles. The summed E-state index contributed by atoms with van der Waals surface area (Å²) in [5, 5.41) is 11.6. The molecule has 34 heavy (non-hydrogen) atoms. The molecule has 1 amide bonds. The molecule has 4 rings (SSSR count). The first-order valence-corrected chi connectivity index (χ1v) is 10.8. The first-order chi connectivity index (χ1) is 16.4. The van der Waals surface area contributed by atoms with Crippen molar-refractivity contribution in [2.75, 3.05) is 13.7 Å². The number of nitrogens with zero attached hydrogens (tertiary/aromatic N) is 1. The predicted octanol–water partition coefficient (Wildman–Crippen LogP) is 5.13.